The van der Waals surface area contributed by atoms with Gasteiger partial charge in [-0.1, -0.05) is 17.7 Å². The van der Waals surface area contributed by atoms with Gasteiger partial charge in [-0.05, 0) is 12.5 Å². The number of morpholine rings is 1. The van der Waals surface area contributed by atoms with Crippen LogP contribution in [0.3, 0.4) is 0 Å². The first kappa shape index (κ1) is 16.0. The molecule has 0 aromatic carbocycles. The maximum absolute atomic E-state index is 6.16. The Kier molecular flexibility index (Phi) is 5.25. The van der Waals surface area contributed by atoms with Gasteiger partial charge in [-0.3, -0.25) is 0 Å². The third-order valence-corrected chi connectivity index (χ3v) is 3.71. The molecule has 6 nitrogen and oxygen atoms in total. The van der Waals surface area contributed by atoms with Crippen molar-refractivity contribution < 1.29 is 9.47 Å². The zero-order valence-electron chi connectivity index (χ0n) is 13.0. The Morgan fingerprint density at radius 1 is 1.26 bits per heavy atom. The molecule has 1 saturated heterocycles. The minimum Gasteiger partial charge on any atom is -0.478 e. The molecule has 0 N–H and O–H groups in total. The first-order valence-electron chi connectivity index (χ1n) is 7.68. The first-order valence-corrected chi connectivity index (χ1v) is 8.06. The smallest absolute Gasteiger partial charge is 0.213 e. The fraction of sp³-hybridized carbons (Fsp3) is 0.438. The van der Waals surface area contributed by atoms with E-state index in [4.69, 9.17) is 21.1 Å². The van der Waals surface area contributed by atoms with Crippen LogP contribution in [0.1, 0.15) is 18.3 Å². The Bertz CT molecular complexity index is 645. The van der Waals surface area contributed by atoms with Gasteiger partial charge in [0.1, 0.15) is 16.8 Å². The summed E-state index contributed by atoms with van der Waals surface area (Å²) in [5.74, 6) is 2.16. The van der Waals surface area contributed by atoms with Crippen molar-refractivity contribution in [3.8, 4) is 5.88 Å². The summed E-state index contributed by atoms with van der Waals surface area (Å²) in [6.07, 6.45) is 2.36. The summed E-state index contributed by atoms with van der Waals surface area (Å²) >= 11 is 6.16. The quantitative estimate of drug-likeness (QED) is 0.782. The molecule has 3 heterocycles. The molecule has 7 heteroatoms. The maximum atomic E-state index is 6.16. The third kappa shape index (κ3) is 4.30. The lowest BCUT2D eigenvalue weighted by molar-refractivity contribution is 0.122. The number of nitrogens with zero attached hydrogens (tertiary/aromatic N) is 4. The van der Waals surface area contributed by atoms with Crippen LogP contribution in [0.2, 0.25) is 5.15 Å². The van der Waals surface area contributed by atoms with Gasteiger partial charge in [-0.15, -0.1) is 0 Å². The number of ether oxygens (including phenoxy) is 2. The molecule has 0 radical (unpaired) electrons. The number of hydrogen-bond donors (Lipinski definition) is 0. The number of pyridine rings is 1. The number of rotatable bonds is 5. The third-order valence-electron chi connectivity index (χ3n) is 3.51. The summed E-state index contributed by atoms with van der Waals surface area (Å²) in [7, 11) is 0. The summed E-state index contributed by atoms with van der Waals surface area (Å²) in [6, 6.07) is 5.62. The van der Waals surface area contributed by atoms with E-state index < -0.39 is 0 Å². The molecule has 1 fully saturated rings. The van der Waals surface area contributed by atoms with Gasteiger partial charge in [0.2, 0.25) is 5.88 Å². The summed E-state index contributed by atoms with van der Waals surface area (Å²) in [5, 5.41) is 0.454. The highest BCUT2D eigenvalue weighted by molar-refractivity contribution is 6.29. The second-order valence-corrected chi connectivity index (χ2v) is 5.57. The van der Waals surface area contributed by atoms with Crippen molar-refractivity contribution >= 4 is 17.4 Å². The molecule has 0 unspecified atom stereocenters. The Hall–Kier alpha value is -1.92. The normalized spacial score (nSPS) is 14.8. The van der Waals surface area contributed by atoms with Gasteiger partial charge >= 0.3 is 0 Å². The second-order valence-electron chi connectivity index (χ2n) is 5.18. The van der Waals surface area contributed by atoms with E-state index in [0.29, 0.717) is 43.1 Å². The molecule has 3 rings (SSSR count). The van der Waals surface area contributed by atoms with Crippen LogP contribution in [-0.2, 0) is 11.2 Å². The lowest BCUT2D eigenvalue weighted by Gasteiger charge is -2.28. The number of anilines is 1. The van der Waals surface area contributed by atoms with Crippen LogP contribution in [0.15, 0.2) is 24.4 Å². The van der Waals surface area contributed by atoms with E-state index in [1.807, 2.05) is 19.1 Å². The highest BCUT2D eigenvalue weighted by Crippen LogP contribution is 2.19. The summed E-state index contributed by atoms with van der Waals surface area (Å²) in [4.78, 5) is 15.4. The topological polar surface area (TPSA) is 60.4 Å². The fourth-order valence-corrected chi connectivity index (χ4v) is 2.61. The molecule has 0 amide bonds. The fourth-order valence-electron chi connectivity index (χ4n) is 2.42. The Morgan fingerprint density at radius 3 is 2.78 bits per heavy atom. The van der Waals surface area contributed by atoms with Crippen molar-refractivity contribution in [3.63, 3.8) is 0 Å². The number of halogens is 1. The van der Waals surface area contributed by atoms with Gasteiger partial charge in [0, 0.05) is 37.8 Å². The van der Waals surface area contributed by atoms with Gasteiger partial charge < -0.3 is 14.4 Å². The maximum Gasteiger partial charge on any atom is 0.213 e. The molecule has 2 aromatic rings. The molecule has 0 spiro atoms. The molecular formula is C16H19ClN4O2. The highest BCUT2D eigenvalue weighted by atomic mass is 35.5. The molecule has 1 aliphatic rings. The molecule has 1 aliphatic heterocycles. The van der Waals surface area contributed by atoms with E-state index in [0.717, 1.165) is 24.5 Å². The minimum atomic E-state index is 0.454. The van der Waals surface area contributed by atoms with Crippen LogP contribution >= 0.6 is 11.6 Å². The molecular weight excluding hydrogens is 316 g/mol. The molecule has 2 aromatic heterocycles. The zero-order chi connectivity index (χ0) is 16.1. The second kappa shape index (κ2) is 7.57. The number of hydrogen-bond acceptors (Lipinski definition) is 6. The van der Waals surface area contributed by atoms with Gasteiger partial charge in [-0.25, -0.2) is 15.0 Å². The van der Waals surface area contributed by atoms with E-state index in [9.17, 15) is 0 Å². The summed E-state index contributed by atoms with van der Waals surface area (Å²) in [6.45, 7) is 5.59. The molecule has 0 atom stereocenters. The predicted octanol–water partition coefficient (Wildman–Crippen LogP) is 2.35. The van der Waals surface area contributed by atoms with Gasteiger partial charge in [-0.2, -0.15) is 0 Å². The van der Waals surface area contributed by atoms with Crippen LogP contribution in [-0.4, -0.2) is 47.9 Å². The van der Waals surface area contributed by atoms with E-state index in [1.165, 1.54) is 0 Å². The van der Waals surface area contributed by atoms with Crippen LogP contribution in [0.4, 0.5) is 5.82 Å². The Labute approximate surface area is 140 Å². The van der Waals surface area contributed by atoms with E-state index >= 15 is 0 Å². The SMILES string of the molecule is CCOc1ccc(Cc2nc(Cl)cc(N3CCOCC3)n2)cn1. The van der Waals surface area contributed by atoms with E-state index in [1.54, 1.807) is 12.3 Å². The zero-order valence-corrected chi connectivity index (χ0v) is 13.8. The highest BCUT2D eigenvalue weighted by Gasteiger charge is 2.14. The van der Waals surface area contributed by atoms with Gasteiger partial charge in [0.05, 0.1) is 19.8 Å². The van der Waals surface area contributed by atoms with Crippen molar-refractivity contribution in [1.29, 1.82) is 0 Å². The van der Waals surface area contributed by atoms with Crippen LogP contribution in [0.5, 0.6) is 5.88 Å². The minimum absolute atomic E-state index is 0.454. The monoisotopic (exact) mass is 334 g/mol. The number of aromatic nitrogens is 3. The van der Waals surface area contributed by atoms with Crippen LogP contribution in [0, 0.1) is 0 Å². The Morgan fingerprint density at radius 2 is 2.09 bits per heavy atom. The molecule has 23 heavy (non-hydrogen) atoms. The average Bonchev–Trinajstić information content (AvgIpc) is 2.57. The van der Waals surface area contributed by atoms with Crippen molar-refractivity contribution in [2.45, 2.75) is 13.3 Å². The van der Waals surface area contributed by atoms with Crippen molar-refractivity contribution in [3.05, 3.63) is 40.9 Å². The van der Waals surface area contributed by atoms with Crippen molar-refractivity contribution in [2.75, 3.05) is 37.8 Å². The molecule has 0 bridgehead atoms. The van der Waals surface area contributed by atoms with Crippen molar-refractivity contribution in [1.82, 2.24) is 15.0 Å². The van der Waals surface area contributed by atoms with Crippen molar-refractivity contribution in [2.24, 2.45) is 0 Å². The predicted molar refractivity (Wildman–Crippen MR) is 88.3 cm³/mol. The molecule has 0 saturated carbocycles. The van der Waals surface area contributed by atoms with Crippen LogP contribution < -0.4 is 9.64 Å². The lowest BCUT2D eigenvalue weighted by atomic mass is 10.2. The van der Waals surface area contributed by atoms with E-state index in [2.05, 4.69) is 19.9 Å². The summed E-state index contributed by atoms with van der Waals surface area (Å²) < 4.78 is 10.7. The average molecular weight is 335 g/mol. The van der Waals surface area contributed by atoms with E-state index in [-0.39, 0.29) is 0 Å². The first-order chi connectivity index (χ1) is 11.2. The Balaban J connectivity index is 1.75. The van der Waals surface area contributed by atoms with Gasteiger partial charge in [0.25, 0.3) is 0 Å². The van der Waals surface area contributed by atoms with Gasteiger partial charge in [0.15, 0.2) is 0 Å². The molecule has 122 valence electrons. The largest absolute Gasteiger partial charge is 0.478 e. The standard InChI is InChI=1S/C16H19ClN4O2/c1-2-23-16-4-3-12(11-18-16)9-14-19-13(17)10-15(20-14)21-5-7-22-8-6-21/h3-4,10-11H,2,5-9H2,1H3. The summed E-state index contributed by atoms with van der Waals surface area (Å²) in [5.41, 5.74) is 1.02. The van der Waals surface area contributed by atoms with Crippen LogP contribution in [0.25, 0.3) is 0 Å². The lowest BCUT2D eigenvalue weighted by Crippen LogP contribution is -2.37. The molecule has 0 aliphatic carbocycles.